The standard InChI is InChI=1S/C5H10N2S/c1-2-4-3-6-5(8)7-4/h4H,2-3H2,1H3,(H2,6,7,8). The topological polar surface area (TPSA) is 24.1 Å². The van der Waals surface area contributed by atoms with Gasteiger partial charge in [-0.2, -0.15) is 0 Å². The monoisotopic (exact) mass is 130 g/mol. The molecule has 0 spiro atoms. The van der Waals surface area contributed by atoms with Crippen LogP contribution in [0.3, 0.4) is 0 Å². The van der Waals surface area contributed by atoms with Crippen molar-refractivity contribution >= 4 is 17.3 Å². The summed E-state index contributed by atoms with van der Waals surface area (Å²) >= 11 is 4.84. The highest BCUT2D eigenvalue weighted by atomic mass is 32.1. The molecule has 1 rings (SSSR count). The van der Waals surface area contributed by atoms with Crippen LogP contribution in [-0.4, -0.2) is 17.7 Å². The van der Waals surface area contributed by atoms with Gasteiger partial charge in [-0.3, -0.25) is 0 Å². The van der Waals surface area contributed by atoms with E-state index in [1.807, 2.05) is 0 Å². The maximum atomic E-state index is 4.84. The van der Waals surface area contributed by atoms with Crippen LogP contribution in [0.4, 0.5) is 0 Å². The fraction of sp³-hybridized carbons (Fsp3) is 0.800. The molecule has 1 atom stereocenters. The average molecular weight is 130 g/mol. The van der Waals surface area contributed by atoms with E-state index < -0.39 is 0 Å². The predicted molar refractivity (Wildman–Crippen MR) is 37.8 cm³/mol. The lowest BCUT2D eigenvalue weighted by Crippen LogP contribution is -2.25. The summed E-state index contributed by atoms with van der Waals surface area (Å²) in [5, 5.41) is 6.97. The van der Waals surface area contributed by atoms with Crippen molar-refractivity contribution in [3.05, 3.63) is 0 Å². The van der Waals surface area contributed by atoms with Crippen molar-refractivity contribution in [1.29, 1.82) is 0 Å². The van der Waals surface area contributed by atoms with E-state index >= 15 is 0 Å². The van der Waals surface area contributed by atoms with Gasteiger partial charge < -0.3 is 10.6 Å². The van der Waals surface area contributed by atoms with Gasteiger partial charge in [0.15, 0.2) is 5.11 Å². The van der Waals surface area contributed by atoms with E-state index in [1.54, 1.807) is 0 Å². The van der Waals surface area contributed by atoms with Crippen molar-refractivity contribution in [1.82, 2.24) is 10.6 Å². The summed E-state index contributed by atoms with van der Waals surface area (Å²) in [5.74, 6) is 0. The van der Waals surface area contributed by atoms with Crippen molar-refractivity contribution < 1.29 is 0 Å². The highest BCUT2D eigenvalue weighted by Crippen LogP contribution is 1.93. The number of nitrogens with one attached hydrogen (secondary N) is 2. The molecule has 0 bridgehead atoms. The van der Waals surface area contributed by atoms with E-state index in [-0.39, 0.29) is 0 Å². The van der Waals surface area contributed by atoms with Crippen LogP contribution in [-0.2, 0) is 0 Å². The summed E-state index contributed by atoms with van der Waals surface area (Å²) in [6.07, 6.45) is 1.15. The van der Waals surface area contributed by atoms with Gasteiger partial charge in [0, 0.05) is 12.6 Å². The van der Waals surface area contributed by atoms with Crippen LogP contribution < -0.4 is 10.6 Å². The van der Waals surface area contributed by atoms with Gasteiger partial charge in [0.25, 0.3) is 0 Å². The second kappa shape index (κ2) is 2.31. The normalized spacial score (nSPS) is 27.1. The van der Waals surface area contributed by atoms with Crippen LogP contribution in [0.2, 0.25) is 0 Å². The molecule has 0 radical (unpaired) electrons. The van der Waals surface area contributed by atoms with Crippen molar-refractivity contribution in [2.24, 2.45) is 0 Å². The van der Waals surface area contributed by atoms with Crippen LogP contribution in [0.5, 0.6) is 0 Å². The molecule has 0 amide bonds. The minimum absolute atomic E-state index is 0.572. The van der Waals surface area contributed by atoms with Crippen molar-refractivity contribution in [3.8, 4) is 0 Å². The van der Waals surface area contributed by atoms with Gasteiger partial charge in [-0.1, -0.05) is 6.92 Å². The average Bonchev–Trinajstić information content (AvgIpc) is 2.14. The SMILES string of the molecule is CCC1CNC(=S)N1. The predicted octanol–water partition coefficient (Wildman–Crippen LogP) is 0.243. The van der Waals surface area contributed by atoms with E-state index in [9.17, 15) is 0 Å². The van der Waals surface area contributed by atoms with E-state index in [0.717, 1.165) is 18.1 Å². The highest BCUT2D eigenvalue weighted by Gasteiger charge is 2.13. The Labute approximate surface area is 54.7 Å². The first-order valence-corrected chi connectivity index (χ1v) is 3.28. The van der Waals surface area contributed by atoms with Crippen LogP contribution >= 0.6 is 12.2 Å². The Bertz CT molecular complexity index is 103. The number of hydrogen-bond donors (Lipinski definition) is 2. The largest absolute Gasteiger partial charge is 0.361 e. The maximum Gasteiger partial charge on any atom is 0.166 e. The molecule has 0 aromatic heterocycles. The molecule has 46 valence electrons. The summed E-state index contributed by atoms with van der Waals surface area (Å²) in [4.78, 5) is 0. The van der Waals surface area contributed by atoms with Crippen LogP contribution in [0, 0.1) is 0 Å². The zero-order chi connectivity index (χ0) is 5.98. The molecule has 1 aliphatic rings. The molecule has 0 saturated carbocycles. The summed E-state index contributed by atoms with van der Waals surface area (Å²) in [6.45, 7) is 3.14. The molecule has 2 N–H and O–H groups in total. The molecular weight excluding hydrogens is 120 g/mol. The van der Waals surface area contributed by atoms with Crippen LogP contribution in [0.1, 0.15) is 13.3 Å². The van der Waals surface area contributed by atoms with Crippen LogP contribution in [0.25, 0.3) is 0 Å². The molecule has 0 aromatic carbocycles. The second-order valence-electron chi connectivity index (χ2n) is 1.96. The summed E-state index contributed by atoms with van der Waals surface area (Å²) in [5.41, 5.74) is 0. The fourth-order valence-corrected chi connectivity index (χ4v) is 1.000. The molecule has 3 heteroatoms. The van der Waals surface area contributed by atoms with E-state index in [0.29, 0.717) is 6.04 Å². The van der Waals surface area contributed by atoms with Crippen molar-refractivity contribution in [2.45, 2.75) is 19.4 Å². The highest BCUT2D eigenvalue weighted by molar-refractivity contribution is 7.80. The smallest absolute Gasteiger partial charge is 0.166 e. The number of rotatable bonds is 1. The zero-order valence-electron chi connectivity index (χ0n) is 4.90. The third-order valence-corrected chi connectivity index (χ3v) is 1.60. The Morgan fingerprint density at radius 3 is 2.88 bits per heavy atom. The van der Waals surface area contributed by atoms with Crippen molar-refractivity contribution in [2.75, 3.05) is 6.54 Å². The Morgan fingerprint density at radius 2 is 2.62 bits per heavy atom. The lowest BCUT2D eigenvalue weighted by Gasteiger charge is -2.01. The van der Waals surface area contributed by atoms with Gasteiger partial charge in [0.05, 0.1) is 0 Å². The van der Waals surface area contributed by atoms with Gasteiger partial charge in [-0.25, -0.2) is 0 Å². The molecular formula is C5H10N2S. The molecule has 1 aliphatic heterocycles. The Hall–Kier alpha value is -0.310. The lowest BCUT2D eigenvalue weighted by atomic mass is 10.2. The third-order valence-electron chi connectivity index (χ3n) is 1.34. The van der Waals surface area contributed by atoms with E-state index in [2.05, 4.69) is 17.6 Å². The molecule has 2 nitrogen and oxygen atoms in total. The number of thiocarbonyl (C=S) groups is 1. The fourth-order valence-electron chi connectivity index (χ4n) is 0.750. The maximum absolute atomic E-state index is 4.84. The second-order valence-corrected chi connectivity index (χ2v) is 2.37. The third kappa shape index (κ3) is 1.10. The molecule has 0 aromatic rings. The van der Waals surface area contributed by atoms with Gasteiger partial charge in [0.2, 0.25) is 0 Å². The molecule has 1 fully saturated rings. The first-order valence-electron chi connectivity index (χ1n) is 2.87. The number of hydrogen-bond acceptors (Lipinski definition) is 1. The van der Waals surface area contributed by atoms with Gasteiger partial charge in [-0.05, 0) is 18.6 Å². The lowest BCUT2D eigenvalue weighted by molar-refractivity contribution is 0.635. The Morgan fingerprint density at radius 1 is 1.88 bits per heavy atom. The van der Waals surface area contributed by atoms with Gasteiger partial charge >= 0.3 is 0 Å². The summed E-state index contributed by atoms with van der Waals surface area (Å²) in [7, 11) is 0. The zero-order valence-corrected chi connectivity index (χ0v) is 5.72. The van der Waals surface area contributed by atoms with Crippen molar-refractivity contribution in [3.63, 3.8) is 0 Å². The molecule has 8 heavy (non-hydrogen) atoms. The van der Waals surface area contributed by atoms with E-state index in [4.69, 9.17) is 12.2 Å². The molecule has 1 unspecified atom stereocenters. The van der Waals surface area contributed by atoms with Gasteiger partial charge in [0.1, 0.15) is 0 Å². The molecule has 1 saturated heterocycles. The minimum Gasteiger partial charge on any atom is -0.361 e. The minimum atomic E-state index is 0.572. The quantitative estimate of drug-likeness (QED) is 0.497. The molecule has 0 aliphatic carbocycles. The Balaban J connectivity index is 2.32. The van der Waals surface area contributed by atoms with E-state index in [1.165, 1.54) is 0 Å². The summed E-state index contributed by atoms with van der Waals surface area (Å²) in [6, 6.07) is 0.572. The first-order chi connectivity index (χ1) is 3.83. The van der Waals surface area contributed by atoms with Crippen LogP contribution in [0.15, 0.2) is 0 Å². The first kappa shape index (κ1) is 5.82. The summed E-state index contributed by atoms with van der Waals surface area (Å²) < 4.78 is 0. The molecule has 1 heterocycles. The Kier molecular flexibility index (Phi) is 1.68. The van der Waals surface area contributed by atoms with Gasteiger partial charge in [-0.15, -0.1) is 0 Å².